The summed E-state index contributed by atoms with van der Waals surface area (Å²) in [4.78, 5) is 0. The van der Waals surface area contributed by atoms with Crippen LogP contribution in [0.25, 0.3) is 0 Å². The molecule has 11 heavy (non-hydrogen) atoms. The Morgan fingerprint density at radius 3 is 2.55 bits per heavy atom. The molecule has 0 aromatic carbocycles. The van der Waals surface area contributed by atoms with Gasteiger partial charge >= 0.3 is 0 Å². The fraction of sp³-hybridized carbons (Fsp3) is 0.600. The van der Waals surface area contributed by atoms with Gasteiger partial charge in [0.25, 0.3) is 0 Å². The minimum atomic E-state index is 0.260. The molecular weight excluding hydrogens is 136 g/mol. The average Bonchev–Trinajstić information content (AvgIpc) is 1.84. The molecule has 0 aromatic heterocycles. The van der Waals surface area contributed by atoms with Crippen LogP contribution in [0.5, 0.6) is 0 Å². The van der Waals surface area contributed by atoms with Crippen molar-refractivity contribution in [1.29, 1.82) is 0 Å². The highest BCUT2D eigenvalue weighted by Crippen LogP contribution is 2.59. The first-order valence-electron chi connectivity index (χ1n) is 4.13. The molecule has 0 amide bonds. The summed E-state index contributed by atoms with van der Waals surface area (Å²) in [7, 11) is 0. The van der Waals surface area contributed by atoms with Crippen LogP contribution < -0.4 is 0 Å². The minimum absolute atomic E-state index is 0.260. The number of hydrogen-bond acceptors (Lipinski definition) is 1. The molecule has 1 saturated carbocycles. The highest BCUT2D eigenvalue weighted by atomic mass is 16.3. The van der Waals surface area contributed by atoms with Crippen molar-refractivity contribution in [2.24, 2.45) is 17.3 Å². The smallest absolute Gasteiger partial charge is 0.0961 e. The van der Waals surface area contributed by atoms with Crippen LogP contribution in [-0.4, -0.2) is 5.11 Å². The molecule has 0 aromatic rings. The fourth-order valence-electron chi connectivity index (χ4n) is 2.45. The first kappa shape index (κ1) is 6.96. The van der Waals surface area contributed by atoms with E-state index in [1.807, 2.05) is 6.08 Å². The maximum Gasteiger partial charge on any atom is 0.0961 e. The number of allylic oxidation sites excluding steroid dienone is 3. The SMILES string of the molecule is C=C1C=C(O)C2C[C@@H]1C2(C)C. The molecule has 1 heteroatoms. The van der Waals surface area contributed by atoms with E-state index in [-0.39, 0.29) is 5.41 Å². The third-order valence-electron chi connectivity index (χ3n) is 3.41. The van der Waals surface area contributed by atoms with E-state index in [4.69, 9.17) is 0 Å². The lowest BCUT2D eigenvalue weighted by Crippen LogP contribution is -2.48. The molecule has 1 nitrogen and oxygen atoms in total. The molecule has 0 aliphatic heterocycles. The molecule has 0 radical (unpaired) electrons. The van der Waals surface area contributed by atoms with Crippen LogP contribution in [0.4, 0.5) is 0 Å². The van der Waals surface area contributed by atoms with E-state index < -0.39 is 0 Å². The maximum absolute atomic E-state index is 9.52. The van der Waals surface area contributed by atoms with Gasteiger partial charge < -0.3 is 5.11 Å². The number of aliphatic hydroxyl groups excluding tert-OH is 1. The normalized spacial score (nSPS) is 39.5. The molecule has 1 unspecified atom stereocenters. The van der Waals surface area contributed by atoms with Gasteiger partial charge in [-0.1, -0.05) is 20.4 Å². The van der Waals surface area contributed by atoms with Crippen molar-refractivity contribution in [3.63, 3.8) is 0 Å². The van der Waals surface area contributed by atoms with Gasteiger partial charge in [0.05, 0.1) is 5.76 Å². The summed E-state index contributed by atoms with van der Waals surface area (Å²) in [6.07, 6.45) is 2.94. The van der Waals surface area contributed by atoms with Gasteiger partial charge in [0, 0.05) is 5.92 Å². The Labute approximate surface area is 67.4 Å². The van der Waals surface area contributed by atoms with Gasteiger partial charge in [0.1, 0.15) is 0 Å². The van der Waals surface area contributed by atoms with Crippen LogP contribution in [0.1, 0.15) is 20.3 Å². The Balaban J connectivity index is 2.42. The quantitative estimate of drug-likeness (QED) is 0.563. The zero-order chi connectivity index (χ0) is 8.22. The van der Waals surface area contributed by atoms with Gasteiger partial charge in [-0.3, -0.25) is 0 Å². The summed E-state index contributed by atoms with van der Waals surface area (Å²) in [5.41, 5.74) is 1.37. The molecule has 60 valence electrons. The number of fused-ring (bicyclic) bond motifs is 1. The molecular formula is C10H14O. The lowest BCUT2D eigenvalue weighted by Gasteiger charge is -2.55. The van der Waals surface area contributed by atoms with Crippen LogP contribution in [0.2, 0.25) is 0 Å². The highest BCUT2D eigenvalue weighted by Gasteiger charge is 2.53. The largest absolute Gasteiger partial charge is 0.512 e. The van der Waals surface area contributed by atoms with Crippen molar-refractivity contribution in [3.05, 3.63) is 24.0 Å². The topological polar surface area (TPSA) is 20.2 Å². The lowest BCUT2D eigenvalue weighted by atomic mass is 9.49. The van der Waals surface area contributed by atoms with Crippen molar-refractivity contribution in [2.45, 2.75) is 20.3 Å². The van der Waals surface area contributed by atoms with Crippen molar-refractivity contribution < 1.29 is 5.11 Å². The van der Waals surface area contributed by atoms with Crippen molar-refractivity contribution >= 4 is 0 Å². The molecule has 0 saturated heterocycles. The van der Waals surface area contributed by atoms with E-state index in [2.05, 4.69) is 20.4 Å². The lowest BCUT2D eigenvalue weighted by molar-refractivity contribution is -0.00546. The molecule has 0 heterocycles. The van der Waals surface area contributed by atoms with Crippen molar-refractivity contribution in [3.8, 4) is 0 Å². The van der Waals surface area contributed by atoms with E-state index >= 15 is 0 Å². The molecule has 2 atom stereocenters. The third kappa shape index (κ3) is 0.661. The summed E-state index contributed by atoms with van der Waals surface area (Å²) >= 11 is 0. The van der Waals surface area contributed by atoms with E-state index in [0.717, 1.165) is 12.0 Å². The summed E-state index contributed by atoms with van der Waals surface area (Å²) in [5, 5.41) is 9.52. The summed E-state index contributed by atoms with van der Waals surface area (Å²) in [5.74, 6) is 1.56. The Kier molecular flexibility index (Phi) is 1.08. The predicted molar refractivity (Wildman–Crippen MR) is 45.2 cm³/mol. The second-order valence-corrected chi connectivity index (χ2v) is 4.31. The van der Waals surface area contributed by atoms with Crippen LogP contribution in [0.15, 0.2) is 24.0 Å². The first-order valence-corrected chi connectivity index (χ1v) is 4.13. The monoisotopic (exact) mass is 150 g/mol. The molecule has 1 fully saturated rings. The van der Waals surface area contributed by atoms with Crippen LogP contribution >= 0.6 is 0 Å². The molecule has 2 bridgehead atoms. The van der Waals surface area contributed by atoms with E-state index in [0.29, 0.717) is 17.6 Å². The van der Waals surface area contributed by atoms with Gasteiger partial charge in [-0.25, -0.2) is 0 Å². The molecule has 0 spiro atoms. The second kappa shape index (κ2) is 1.71. The third-order valence-corrected chi connectivity index (χ3v) is 3.41. The first-order chi connectivity index (χ1) is 5.03. The Hall–Kier alpha value is -0.720. The van der Waals surface area contributed by atoms with Crippen LogP contribution in [-0.2, 0) is 0 Å². The Morgan fingerprint density at radius 2 is 2.18 bits per heavy atom. The molecule has 3 aliphatic rings. The molecule has 3 aliphatic carbocycles. The number of aliphatic hydroxyl groups is 1. The van der Waals surface area contributed by atoms with Gasteiger partial charge in [-0.2, -0.15) is 0 Å². The summed E-state index contributed by atoms with van der Waals surface area (Å²) in [6, 6.07) is 0. The average molecular weight is 150 g/mol. The van der Waals surface area contributed by atoms with Gasteiger partial charge in [-0.15, -0.1) is 0 Å². The van der Waals surface area contributed by atoms with E-state index in [9.17, 15) is 5.11 Å². The summed E-state index contributed by atoms with van der Waals surface area (Å²) in [6.45, 7) is 8.36. The van der Waals surface area contributed by atoms with Gasteiger partial charge in [0.15, 0.2) is 0 Å². The van der Waals surface area contributed by atoms with Gasteiger partial charge in [-0.05, 0) is 29.4 Å². The molecule has 3 rings (SSSR count). The standard InChI is InChI=1S/C10H14O/c1-6-4-9(11)8-5-7(6)10(8,2)3/h4,7-8,11H,1,5H2,2-3H3/t7-,8?/m0/s1. The maximum atomic E-state index is 9.52. The predicted octanol–water partition coefficient (Wildman–Crippen LogP) is 2.66. The number of rotatable bonds is 0. The molecule has 1 N–H and O–H groups in total. The van der Waals surface area contributed by atoms with E-state index in [1.54, 1.807) is 0 Å². The zero-order valence-electron chi connectivity index (χ0n) is 7.09. The van der Waals surface area contributed by atoms with Crippen LogP contribution in [0.3, 0.4) is 0 Å². The van der Waals surface area contributed by atoms with E-state index in [1.165, 1.54) is 0 Å². The number of hydrogen-bond donors (Lipinski definition) is 1. The zero-order valence-corrected chi connectivity index (χ0v) is 7.09. The van der Waals surface area contributed by atoms with Crippen molar-refractivity contribution in [2.75, 3.05) is 0 Å². The Bertz CT molecular complexity index is 248. The van der Waals surface area contributed by atoms with Crippen LogP contribution in [0, 0.1) is 17.3 Å². The van der Waals surface area contributed by atoms with Gasteiger partial charge in [0.2, 0.25) is 0 Å². The Morgan fingerprint density at radius 1 is 1.55 bits per heavy atom. The second-order valence-electron chi connectivity index (χ2n) is 4.31. The summed E-state index contributed by atoms with van der Waals surface area (Å²) < 4.78 is 0. The minimum Gasteiger partial charge on any atom is -0.512 e. The van der Waals surface area contributed by atoms with Crippen molar-refractivity contribution in [1.82, 2.24) is 0 Å². The fourth-order valence-corrected chi connectivity index (χ4v) is 2.45. The highest BCUT2D eigenvalue weighted by molar-refractivity contribution is 5.35.